The van der Waals surface area contributed by atoms with Crippen molar-refractivity contribution < 1.29 is 0 Å². The van der Waals surface area contributed by atoms with Crippen LogP contribution in [0, 0.1) is 5.92 Å². The summed E-state index contributed by atoms with van der Waals surface area (Å²) in [7, 11) is 1.71. The molecule has 29 heavy (non-hydrogen) atoms. The number of nitrogens with zero attached hydrogens (tertiary/aromatic N) is 6. The molecule has 0 unspecified atom stereocenters. The quantitative estimate of drug-likeness (QED) is 0.217. The van der Waals surface area contributed by atoms with Crippen LogP contribution in [0.1, 0.15) is 25.1 Å². The Balaban J connectivity index is 2.06. The minimum absolute atomic E-state index is 0.0726. The summed E-state index contributed by atoms with van der Waals surface area (Å²) in [6.07, 6.45) is 4.78. The number of fused-ring (bicyclic) bond motifs is 1. The molecule has 1 aromatic carbocycles. The predicted molar refractivity (Wildman–Crippen MR) is 121 cm³/mol. The van der Waals surface area contributed by atoms with Crippen molar-refractivity contribution in [3.05, 3.63) is 62.6 Å². The van der Waals surface area contributed by atoms with E-state index in [0.29, 0.717) is 17.8 Å². The maximum atomic E-state index is 12.6. The van der Waals surface area contributed by atoms with E-state index in [-0.39, 0.29) is 5.56 Å². The van der Waals surface area contributed by atoms with Crippen molar-refractivity contribution in [2.24, 2.45) is 18.1 Å². The van der Waals surface area contributed by atoms with Crippen molar-refractivity contribution >= 4 is 38.4 Å². The van der Waals surface area contributed by atoms with E-state index in [2.05, 4.69) is 54.4 Å². The van der Waals surface area contributed by atoms with Crippen molar-refractivity contribution in [2.45, 2.75) is 41.6 Å². The summed E-state index contributed by atoms with van der Waals surface area (Å²) >= 11 is -2.46. The monoisotopic (exact) mass is 500 g/mol. The van der Waals surface area contributed by atoms with Gasteiger partial charge in [0.15, 0.2) is 0 Å². The molecule has 3 rings (SSSR count). The van der Waals surface area contributed by atoms with Gasteiger partial charge in [0.2, 0.25) is 0 Å². The van der Waals surface area contributed by atoms with E-state index >= 15 is 0 Å². The van der Waals surface area contributed by atoms with Crippen molar-refractivity contribution in [3.8, 4) is 0 Å². The fourth-order valence-corrected chi connectivity index (χ4v) is 7.96. The molecule has 0 atom stereocenters. The Labute approximate surface area is 174 Å². The van der Waals surface area contributed by atoms with E-state index in [9.17, 15) is 4.79 Å². The topological polar surface area (TPSA) is 88.6 Å². The van der Waals surface area contributed by atoms with Crippen LogP contribution in [-0.4, -0.2) is 32.7 Å². The van der Waals surface area contributed by atoms with E-state index in [1.165, 1.54) is 8.26 Å². The Kier molecular flexibility index (Phi) is 6.10. The van der Waals surface area contributed by atoms with E-state index in [4.69, 9.17) is 5.53 Å². The van der Waals surface area contributed by atoms with Crippen LogP contribution < -0.4 is 9.14 Å². The van der Waals surface area contributed by atoms with Gasteiger partial charge in [-0.05, 0) is 0 Å². The number of benzene rings is 1. The Bertz CT molecular complexity index is 1160. The zero-order chi connectivity index (χ0) is 21.3. The fourth-order valence-electron chi connectivity index (χ4n) is 3.62. The predicted octanol–water partition coefficient (Wildman–Crippen LogP) is 4.47. The minimum atomic E-state index is -2.46. The average molecular weight is 499 g/mol. The van der Waals surface area contributed by atoms with Gasteiger partial charge in [0.25, 0.3) is 0 Å². The van der Waals surface area contributed by atoms with Gasteiger partial charge in [-0.1, -0.05) is 0 Å². The molecule has 0 amide bonds. The third-order valence-corrected chi connectivity index (χ3v) is 10.7. The second-order valence-electron chi connectivity index (χ2n) is 9.02. The first-order valence-corrected chi connectivity index (χ1v) is 19.8. The molecule has 0 saturated carbocycles. The van der Waals surface area contributed by atoms with Gasteiger partial charge >= 0.3 is 175 Å². The van der Waals surface area contributed by atoms with Crippen LogP contribution in [0.2, 0.25) is 14.8 Å². The summed E-state index contributed by atoms with van der Waals surface area (Å²) in [6.45, 7) is 4.96. The van der Waals surface area contributed by atoms with Crippen LogP contribution in [0.25, 0.3) is 21.2 Å². The standard InChI is InChI=1S/C18H19N6O.3CH3.Sn/c1-12(2)8-17-15-10-24(11-16(15)18(25)23(3)21-17)9-13-4-6-14(7-5-13)20-22-19;;;;/h4-6,10-12H,8-9H2,1-3H3;3*1H3;. The van der Waals surface area contributed by atoms with Gasteiger partial charge < -0.3 is 0 Å². The van der Waals surface area contributed by atoms with Gasteiger partial charge in [0.05, 0.1) is 0 Å². The molecule has 0 fully saturated rings. The zero-order valence-corrected chi connectivity index (χ0v) is 20.8. The Morgan fingerprint density at radius 2 is 1.90 bits per heavy atom. The van der Waals surface area contributed by atoms with Crippen LogP contribution in [0.4, 0.5) is 5.69 Å². The van der Waals surface area contributed by atoms with Gasteiger partial charge in [-0.3, -0.25) is 0 Å². The molecule has 0 aliphatic rings. The van der Waals surface area contributed by atoms with E-state index in [0.717, 1.165) is 28.8 Å². The SMILES string of the molecule is CC(C)Cc1nn(C)c(=O)c2cn(Cc3ccc(N=[N+]=[N-])[c]([Sn]([CH3])([CH3])[CH3])c3)cc12. The first-order chi connectivity index (χ1) is 13.6. The molecule has 0 N–H and O–H groups in total. The van der Waals surface area contributed by atoms with E-state index in [1.807, 2.05) is 24.5 Å². The van der Waals surface area contributed by atoms with Gasteiger partial charge in [-0.15, -0.1) is 0 Å². The summed E-state index contributed by atoms with van der Waals surface area (Å²) in [5.74, 6) is 0.460. The first kappa shape index (κ1) is 21.5. The van der Waals surface area contributed by atoms with E-state index < -0.39 is 18.4 Å². The number of rotatable bonds is 6. The van der Waals surface area contributed by atoms with Crippen LogP contribution in [0.5, 0.6) is 0 Å². The summed E-state index contributed by atoms with van der Waals surface area (Å²) in [6, 6.07) is 6.10. The van der Waals surface area contributed by atoms with Crippen LogP contribution >= 0.6 is 0 Å². The number of aryl methyl sites for hydroxylation is 1. The molecule has 2 aromatic heterocycles. The van der Waals surface area contributed by atoms with Gasteiger partial charge in [-0.25, -0.2) is 0 Å². The van der Waals surface area contributed by atoms with Crippen molar-refractivity contribution in [2.75, 3.05) is 0 Å². The van der Waals surface area contributed by atoms with Crippen molar-refractivity contribution in [1.82, 2.24) is 14.3 Å². The molecule has 0 spiro atoms. The van der Waals surface area contributed by atoms with Gasteiger partial charge in [0.1, 0.15) is 0 Å². The molecule has 0 bridgehead atoms. The normalized spacial score (nSPS) is 11.8. The Hall–Kier alpha value is -2.25. The maximum absolute atomic E-state index is 12.6. The molecular formula is C21H28N6OSn. The Morgan fingerprint density at radius 3 is 2.52 bits per heavy atom. The summed E-state index contributed by atoms with van der Waals surface area (Å²) in [5.41, 5.74) is 11.6. The molecular weight excluding hydrogens is 471 g/mol. The summed E-state index contributed by atoms with van der Waals surface area (Å²) in [5, 5.41) is 10.0. The molecule has 0 saturated heterocycles. The molecule has 0 aliphatic heterocycles. The molecule has 0 radical (unpaired) electrons. The van der Waals surface area contributed by atoms with Crippen LogP contribution in [0.15, 0.2) is 40.5 Å². The number of hydrogen-bond donors (Lipinski definition) is 0. The number of azide groups is 1. The second-order valence-corrected chi connectivity index (χ2v) is 23.4. The van der Waals surface area contributed by atoms with Crippen molar-refractivity contribution in [1.29, 1.82) is 0 Å². The average Bonchev–Trinajstić information content (AvgIpc) is 3.04. The summed E-state index contributed by atoms with van der Waals surface area (Å²) < 4.78 is 4.71. The fraction of sp³-hybridized carbons (Fsp3) is 0.429. The third kappa shape index (κ3) is 4.67. The molecule has 3 aromatic rings. The summed E-state index contributed by atoms with van der Waals surface area (Å²) in [4.78, 5) is 22.5. The van der Waals surface area contributed by atoms with Crippen LogP contribution in [0.3, 0.4) is 0 Å². The molecule has 8 heteroatoms. The number of aromatic nitrogens is 3. The van der Waals surface area contributed by atoms with Gasteiger partial charge in [-0.2, -0.15) is 0 Å². The third-order valence-electron chi connectivity index (χ3n) is 4.97. The van der Waals surface area contributed by atoms with Gasteiger partial charge in [0, 0.05) is 0 Å². The van der Waals surface area contributed by atoms with Crippen molar-refractivity contribution in [3.63, 3.8) is 0 Å². The molecule has 0 aliphatic carbocycles. The molecule has 152 valence electrons. The first-order valence-electron chi connectivity index (χ1n) is 9.84. The zero-order valence-electron chi connectivity index (χ0n) is 18.0. The Morgan fingerprint density at radius 1 is 1.21 bits per heavy atom. The molecule has 2 heterocycles. The second kappa shape index (κ2) is 8.24. The molecule has 7 nitrogen and oxygen atoms in total. The van der Waals surface area contributed by atoms with Crippen LogP contribution in [-0.2, 0) is 20.0 Å². The number of hydrogen-bond acceptors (Lipinski definition) is 3. The van der Waals surface area contributed by atoms with E-state index in [1.54, 1.807) is 7.05 Å².